The lowest BCUT2D eigenvalue weighted by atomic mass is 9.77. The Morgan fingerprint density at radius 3 is 2.77 bits per heavy atom. The predicted octanol–water partition coefficient (Wildman–Crippen LogP) is 5.49. The van der Waals surface area contributed by atoms with E-state index in [1.54, 1.807) is 0 Å². The van der Waals surface area contributed by atoms with Gasteiger partial charge in [-0.15, -0.1) is 0 Å². The Bertz CT molecular complexity index is 1250. The standard InChI is InChI=1S/C25H23ClN2O3/c1-24(2)20-10-16(26)6-8-21(20)28(3)25(24)14-27-23-19-11-17(29-12-18-13-30-18)7-4-15(19)5-9-22(23)31-25/h4-11,14,18H,12-13H2,1-3H3. The van der Waals surface area contributed by atoms with Crippen LogP contribution in [0.5, 0.6) is 11.5 Å². The molecule has 158 valence electrons. The molecule has 0 saturated carbocycles. The van der Waals surface area contributed by atoms with Crippen LogP contribution in [0, 0.1) is 0 Å². The van der Waals surface area contributed by atoms with Crippen LogP contribution in [0.25, 0.3) is 10.8 Å². The molecule has 3 aliphatic heterocycles. The van der Waals surface area contributed by atoms with Gasteiger partial charge >= 0.3 is 0 Å². The molecule has 0 amide bonds. The fourth-order valence-electron chi connectivity index (χ4n) is 4.80. The van der Waals surface area contributed by atoms with Crippen molar-refractivity contribution >= 4 is 40.0 Å². The maximum atomic E-state index is 6.76. The number of hydrogen-bond acceptors (Lipinski definition) is 5. The Labute approximate surface area is 186 Å². The van der Waals surface area contributed by atoms with E-state index in [0.717, 1.165) is 50.8 Å². The average Bonchev–Trinajstić information content (AvgIpc) is 3.58. The minimum absolute atomic E-state index is 0.219. The highest BCUT2D eigenvalue weighted by atomic mass is 35.5. The topological polar surface area (TPSA) is 46.6 Å². The molecule has 3 aromatic rings. The van der Waals surface area contributed by atoms with Crippen molar-refractivity contribution in [1.82, 2.24) is 0 Å². The zero-order valence-electron chi connectivity index (χ0n) is 17.7. The fraction of sp³-hybridized carbons (Fsp3) is 0.320. The van der Waals surface area contributed by atoms with Crippen molar-refractivity contribution in [2.45, 2.75) is 31.1 Å². The molecule has 5 nitrogen and oxygen atoms in total. The highest BCUT2D eigenvalue weighted by molar-refractivity contribution is 6.30. The van der Waals surface area contributed by atoms with Gasteiger partial charge in [-0.1, -0.05) is 23.7 Å². The summed E-state index contributed by atoms with van der Waals surface area (Å²) in [4.78, 5) is 7.11. The van der Waals surface area contributed by atoms with Crippen molar-refractivity contribution in [2.24, 2.45) is 4.99 Å². The first-order valence-corrected chi connectivity index (χ1v) is 10.9. The number of aliphatic imine (C=N–C) groups is 1. The van der Waals surface area contributed by atoms with E-state index in [2.05, 4.69) is 36.9 Å². The summed E-state index contributed by atoms with van der Waals surface area (Å²) in [7, 11) is 2.05. The maximum Gasteiger partial charge on any atom is 0.228 e. The molecule has 1 saturated heterocycles. The Hall–Kier alpha value is -2.76. The van der Waals surface area contributed by atoms with Crippen LogP contribution >= 0.6 is 11.6 Å². The summed E-state index contributed by atoms with van der Waals surface area (Å²) in [6.07, 6.45) is 2.16. The SMILES string of the molecule is CN1c2ccc(Cl)cc2C(C)(C)C12C=Nc1c(ccc3ccc(OCC4CO4)cc13)O2. The van der Waals surface area contributed by atoms with Crippen LogP contribution in [0.3, 0.4) is 0 Å². The van der Waals surface area contributed by atoms with Crippen LogP contribution < -0.4 is 14.4 Å². The highest BCUT2D eigenvalue weighted by Crippen LogP contribution is 2.54. The van der Waals surface area contributed by atoms with Crippen molar-refractivity contribution in [2.75, 3.05) is 25.2 Å². The lowest BCUT2D eigenvalue weighted by molar-refractivity contribution is 0.0826. The van der Waals surface area contributed by atoms with Crippen LogP contribution in [-0.4, -0.2) is 38.3 Å². The molecule has 1 fully saturated rings. The molecule has 3 heterocycles. The molecule has 0 radical (unpaired) electrons. The number of benzene rings is 3. The molecule has 0 aromatic heterocycles. The molecule has 31 heavy (non-hydrogen) atoms. The Morgan fingerprint density at radius 1 is 1.16 bits per heavy atom. The van der Waals surface area contributed by atoms with Crippen LogP contribution in [0.4, 0.5) is 11.4 Å². The molecule has 6 heteroatoms. The van der Waals surface area contributed by atoms with E-state index >= 15 is 0 Å². The van der Waals surface area contributed by atoms with E-state index in [0.29, 0.717) is 6.61 Å². The Morgan fingerprint density at radius 2 is 1.97 bits per heavy atom. The van der Waals surface area contributed by atoms with Gasteiger partial charge in [0.1, 0.15) is 29.9 Å². The van der Waals surface area contributed by atoms with Gasteiger partial charge in [0.15, 0.2) is 0 Å². The van der Waals surface area contributed by atoms with Gasteiger partial charge in [-0.3, -0.25) is 4.99 Å². The normalized spacial score (nSPS) is 24.8. The molecule has 0 bridgehead atoms. The second-order valence-electron chi connectivity index (χ2n) is 8.96. The molecule has 0 N–H and O–H groups in total. The first-order valence-electron chi connectivity index (χ1n) is 10.5. The summed E-state index contributed by atoms with van der Waals surface area (Å²) < 4.78 is 17.9. The van der Waals surface area contributed by atoms with Gasteiger partial charge in [-0.2, -0.15) is 0 Å². The number of rotatable bonds is 3. The summed E-state index contributed by atoms with van der Waals surface area (Å²) in [6.45, 7) is 5.70. The predicted molar refractivity (Wildman–Crippen MR) is 124 cm³/mol. The second-order valence-corrected chi connectivity index (χ2v) is 9.40. The zero-order chi connectivity index (χ0) is 21.4. The lowest BCUT2D eigenvalue weighted by Gasteiger charge is -2.45. The Balaban J connectivity index is 1.43. The summed E-state index contributed by atoms with van der Waals surface area (Å²) in [6, 6.07) is 16.2. The molecule has 2 unspecified atom stereocenters. The maximum absolute atomic E-state index is 6.76. The van der Waals surface area contributed by atoms with Gasteiger partial charge in [0.05, 0.1) is 18.2 Å². The monoisotopic (exact) mass is 434 g/mol. The van der Waals surface area contributed by atoms with Gasteiger partial charge in [0.2, 0.25) is 5.72 Å². The third-order valence-corrected chi connectivity index (χ3v) is 7.02. The molecule has 0 aliphatic carbocycles. The summed E-state index contributed by atoms with van der Waals surface area (Å²) >= 11 is 6.32. The van der Waals surface area contributed by atoms with E-state index < -0.39 is 5.72 Å². The molecular weight excluding hydrogens is 412 g/mol. The van der Waals surface area contributed by atoms with Crippen LogP contribution in [-0.2, 0) is 10.2 Å². The third-order valence-electron chi connectivity index (χ3n) is 6.79. The number of likely N-dealkylation sites (N-methyl/N-ethyl adjacent to an activating group) is 1. The van der Waals surface area contributed by atoms with Crippen molar-refractivity contribution in [3.63, 3.8) is 0 Å². The van der Waals surface area contributed by atoms with Crippen molar-refractivity contribution < 1.29 is 14.2 Å². The number of halogens is 1. The van der Waals surface area contributed by atoms with E-state index in [1.165, 1.54) is 0 Å². The van der Waals surface area contributed by atoms with Gasteiger partial charge < -0.3 is 19.1 Å². The quantitative estimate of drug-likeness (QED) is 0.511. The molecule has 3 aliphatic rings. The van der Waals surface area contributed by atoms with Gasteiger partial charge in [0.25, 0.3) is 0 Å². The lowest BCUT2D eigenvalue weighted by Crippen LogP contribution is -2.61. The van der Waals surface area contributed by atoms with Crippen molar-refractivity contribution in [3.05, 3.63) is 59.1 Å². The molecule has 1 spiro atoms. The van der Waals surface area contributed by atoms with Crippen LogP contribution in [0.2, 0.25) is 5.02 Å². The summed E-state index contributed by atoms with van der Waals surface area (Å²) in [5.74, 6) is 1.57. The zero-order valence-corrected chi connectivity index (χ0v) is 18.4. The average molecular weight is 435 g/mol. The fourth-order valence-corrected chi connectivity index (χ4v) is 4.98. The van der Waals surface area contributed by atoms with Crippen molar-refractivity contribution in [3.8, 4) is 11.5 Å². The van der Waals surface area contributed by atoms with Crippen LogP contribution in [0.1, 0.15) is 19.4 Å². The van der Waals surface area contributed by atoms with E-state index in [-0.39, 0.29) is 11.5 Å². The minimum Gasteiger partial charge on any atom is -0.491 e. The number of hydrogen-bond donors (Lipinski definition) is 0. The second kappa shape index (κ2) is 6.38. The smallest absolute Gasteiger partial charge is 0.228 e. The number of anilines is 1. The summed E-state index contributed by atoms with van der Waals surface area (Å²) in [5.41, 5.74) is 1.99. The number of nitrogens with zero attached hydrogens (tertiary/aromatic N) is 2. The Kier molecular flexibility index (Phi) is 3.90. The minimum atomic E-state index is -0.738. The van der Waals surface area contributed by atoms with E-state index in [4.69, 9.17) is 30.8 Å². The number of ether oxygens (including phenoxy) is 3. The first kappa shape index (κ1) is 19.0. The molecule has 6 rings (SSSR count). The first-order chi connectivity index (χ1) is 14.9. The van der Waals surface area contributed by atoms with E-state index in [9.17, 15) is 0 Å². The highest BCUT2D eigenvalue weighted by Gasteiger charge is 2.58. The molecule has 3 aromatic carbocycles. The summed E-state index contributed by atoms with van der Waals surface area (Å²) in [5, 5.41) is 2.83. The molecular formula is C25H23ClN2O3. The third kappa shape index (κ3) is 2.70. The van der Waals surface area contributed by atoms with Crippen LogP contribution in [0.15, 0.2) is 53.5 Å². The molecule has 2 atom stereocenters. The van der Waals surface area contributed by atoms with Gasteiger partial charge in [0, 0.05) is 23.1 Å². The van der Waals surface area contributed by atoms with Crippen molar-refractivity contribution in [1.29, 1.82) is 0 Å². The number of epoxide rings is 1. The van der Waals surface area contributed by atoms with Gasteiger partial charge in [-0.25, -0.2) is 0 Å². The largest absolute Gasteiger partial charge is 0.491 e. The van der Waals surface area contributed by atoms with Gasteiger partial charge in [-0.05, 0) is 61.2 Å². The number of fused-ring (bicyclic) bond motifs is 4. The van der Waals surface area contributed by atoms with E-state index in [1.807, 2.05) is 43.6 Å².